The third-order valence-corrected chi connectivity index (χ3v) is 4.13. The first-order valence-electron chi connectivity index (χ1n) is 7.48. The Morgan fingerprint density at radius 2 is 1.71 bits per heavy atom. The Bertz CT molecular complexity index is 546. The summed E-state index contributed by atoms with van der Waals surface area (Å²) in [6.45, 7) is 5.96. The topological polar surface area (TPSA) is 42.1 Å². The number of likely N-dealkylation sites (N-methyl/N-ethyl adjacent to an activating group) is 1. The molecule has 0 fully saturated rings. The molecule has 0 amide bonds. The van der Waals surface area contributed by atoms with E-state index in [-0.39, 0.29) is 6.04 Å². The van der Waals surface area contributed by atoms with Crippen LogP contribution in [-0.4, -0.2) is 30.0 Å². The van der Waals surface area contributed by atoms with Gasteiger partial charge in [0.15, 0.2) is 0 Å². The zero-order valence-corrected chi connectivity index (χ0v) is 13.2. The molecule has 2 rings (SSSR count). The maximum Gasteiger partial charge on any atom is 0.0472 e. The molecule has 1 aromatic heterocycles. The van der Waals surface area contributed by atoms with Gasteiger partial charge in [-0.3, -0.25) is 9.88 Å². The molecule has 0 saturated carbocycles. The molecule has 3 heteroatoms. The van der Waals surface area contributed by atoms with Gasteiger partial charge in [0.05, 0.1) is 0 Å². The highest BCUT2D eigenvalue weighted by Gasteiger charge is 2.18. The number of nitrogens with two attached hydrogens (primary N) is 1. The quantitative estimate of drug-likeness (QED) is 0.886. The molecule has 0 aliphatic rings. The molecule has 21 heavy (non-hydrogen) atoms. The average molecular weight is 283 g/mol. The summed E-state index contributed by atoms with van der Waals surface area (Å²) in [5.74, 6) is 0. The van der Waals surface area contributed by atoms with E-state index in [0.717, 1.165) is 13.0 Å². The van der Waals surface area contributed by atoms with E-state index in [1.807, 2.05) is 12.4 Å². The molecule has 2 aromatic rings. The van der Waals surface area contributed by atoms with Crippen molar-refractivity contribution in [2.45, 2.75) is 26.3 Å². The predicted molar refractivity (Wildman–Crippen MR) is 88.3 cm³/mol. The minimum Gasteiger partial charge on any atom is -0.329 e. The summed E-state index contributed by atoms with van der Waals surface area (Å²) in [6.07, 6.45) is 4.71. The number of aromatic nitrogens is 1. The lowest BCUT2D eigenvalue weighted by atomic mass is 9.95. The van der Waals surface area contributed by atoms with E-state index < -0.39 is 0 Å². The second-order valence-corrected chi connectivity index (χ2v) is 5.64. The molecule has 2 N–H and O–H groups in total. The summed E-state index contributed by atoms with van der Waals surface area (Å²) in [6, 6.07) is 10.9. The SMILES string of the molecule is Cc1cccc(C)c1C(CN)N(C)CCc1ccncc1. The van der Waals surface area contributed by atoms with E-state index in [4.69, 9.17) is 5.73 Å². The summed E-state index contributed by atoms with van der Waals surface area (Å²) in [5.41, 5.74) is 11.4. The first-order chi connectivity index (χ1) is 10.1. The number of benzene rings is 1. The Balaban J connectivity index is 2.10. The first kappa shape index (κ1) is 15.7. The molecule has 0 spiro atoms. The van der Waals surface area contributed by atoms with Gasteiger partial charge in [-0.2, -0.15) is 0 Å². The van der Waals surface area contributed by atoms with E-state index in [2.05, 4.69) is 61.1 Å². The molecular weight excluding hydrogens is 258 g/mol. The van der Waals surface area contributed by atoms with Crippen molar-refractivity contribution in [3.8, 4) is 0 Å². The molecule has 1 heterocycles. The first-order valence-corrected chi connectivity index (χ1v) is 7.48. The Labute approximate surface area is 127 Å². The number of hydrogen-bond acceptors (Lipinski definition) is 3. The molecule has 1 unspecified atom stereocenters. The maximum atomic E-state index is 6.06. The van der Waals surface area contributed by atoms with Gasteiger partial charge in [0, 0.05) is 31.5 Å². The van der Waals surface area contributed by atoms with Gasteiger partial charge in [0.2, 0.25) is 0 Å². The Morgan fingerprint density at radius 1 is 1.10 bits per heavy atom. The zero-order valence-electron chi connectivity index (χ0n) is 13.2. The van der Waals surface area contributed by atoms with E-state index in [1.54, 1.807) is 0 Å². The molecule has 0 aliphatic heterocycles. The fraction of sp³-hybridized carbons (Fsp3) is 0.389. The second-order valence-electron chi connectivity index (χ2n) is 5.64. The van der Waals surface area contributed by atoms with Crippen molar-refractivity contribution in [2.75, 3.05) is 20.1 Å². The van der Waals surface area contributed by atoms with Crippen molar-refractivity contribution in [3.05, 3.63) is 65.0 Å². The summed E-state index contributed by atoms with van der Waals surface area (Å²) < 4.78 is 0. The van der Waals surface area contributed by atoms with Gasteiger partial charge in [0.1, 0.15) is 0 Å². The van der Waals surface area contributed by atoms with Gasteiger partial charge in [-0.15, -0.1) is 0 Å². The van der Waals surface area contributed by atoms with Crippen LogP contribution in [0.4, 0.5) is 0 Å². The van der Waals surface area contributed by atoms with Crippen molar-refractivity contribution in [1.29, 1.82) is 0 Å². The van der Waals surface area contributed by atoms with Gasteiger partial charge in [-0.25, -0.2) is 0 Å². The Kier molecular flexibility index (Phi) is 5.48. The molecule has 0 radical (unpaired) electrons. The summed E-state index contributed by atoms with van der Waals surface area (Å²) >= 11 is 0. The molecule has 1 aromatic carbocycles. The van der Waals surface area contributed by atoms with Crippen LogP contribution >= 0.6 is 0 Å². The average Bonchev–Trinajstić information content (AvgIpc) is 2.50. The minimum absolute atomic E-state index is 0.271. The molecule has 0 bridgehead atoms. The third-order valence-electron chi connectivity index (χ3n) is 4.13. The lowest BCUT2D eigenvalue weighted by Gasteiger charge is -2.30. The number of rotatable bonds is 6. The van der Waals surface area contributed by atoms with Gasteiger partial charge in [0.25, 0.3) is 0 Å². The van der Waals surface area contributed by atoms with Crippen LogP contribution in [0.2, 0.25) is 0 Å². The van der Waals surface area contributed by atoms with Crippen LogP contribution < -0.4 is 5.73 Å². The monoisotopic (exact) mass is 283 g/mol. The van der Waals surface area contributed by atoms with Gasteiger partial charge >= 0.3 is 0 Å². The molecule has 0 saturated heterocycles. The van der Waals surface area contributed by atoms with Crippen LogP contribution in [0, 0.1) is 13.8 Å². The van der Waals surface area contributed by atoms with Crippen LogP contribution in [0.1, 0.15) is 28.3 Å². The van der Waals surface area contributed by atoms with Crippen molar-refractivity contribution in [3.63, 3.8) is 0 Å². The normalized spacial score (nSPS) is 12.6. The molecule has 1 atom stereocenters. The number of pyridine rings is 1. The predicted octanol–water partition coefficient (Wildman–Crippen LogP) is 2.87. The van der Waals surface area contributed by atoms with E-state index in [9.17, 15) is 0 Å². The molecule has 112 valence electrons. The standard InChI is InChI=1S/C18H25N3/c1-14-5-4-6-15(2)18(14)17(13-19)21(3)12-9-16-7-10-20-11-8-16/h4-8,10-11,17H,9,12-13,19H2,1-3H3. The third kappa shape index (κ3) is 3.90. The fourth-order valence-electron chi connectivity index (χ4n) is 2.88. The van der Waals surface area contributed by atoms with Crippen LogP contribution in [0.15, 0.2) is 42.7 Å². The fourth-order valence-corrected chi connectivity index (χ4v) is 2.88. The van der Waals surface area contributed by atoms with Gasteiger partial charge in [-0.05, 0) is 61.7 Å². The molecule has 0 aliphatic carbocycles. The molecular formula is C18H25N3. The lowest BCUT2D eigenvalue weighted by Crippen LogP contribution is -2.33. The van der Waals surface area contributed by atoms with E-state index >= 15 is 0 Å². The number of aryl methyl sites for hydroxylation is 2. The van der Waals surface area contributed by atoms with Crippen LogP contribution in [0.3, 0.4) is 0 Å². The van der Waals surface area contributed by atoms with Gasteiger partial charge < -0.3 is 5.73 Å². The summed E-state index contributed by atoms with van der Waals surface area (Å²) in [4.78, 5) is 6.42. The van der Waals surface area contributed by atoms with Crippen molar-refractivity contribution >= 4 is 0 Å². The number of hydrogen-bond donors (Lipinski definition) is 1. The summed E-state index contributed by atoms with van der Waals surface area (Å²) in [7, 11) is 2.16. The molecule has 3 nitrogen and oxygen atoms in total. The van der Waals surface area contributed by atoms with Crippen molar-refractivity contribution in [2.24, 2.45) is 5.73 Å². The minimum atomic E-state index is 0.271. The van der Waals surface area contributed by atoms with Gasteiger partial charge in [-0.1, -0.05) is 18.2 Å². The highest BCUT2D eigenvalue weighted by Crippen LogP contribution is 2.25. The van der Waals surface area contributed by atoms with Crippen LogP contribution in [0.25, 0.3) is 0 Å². The Hall–Kier alpha value is -1.71. The van der Waals surface area contributed by atoms with Crippen LogP contribution in [0.5, 0.6) is 0 Å². The highest BCUT2D eigenvalue weighted by atomic mass is 15.1. The largest absolute Gasteiger partial charge is 0.329 e. The number of nitrogens with zero attached hydrogens (tertiary/aromatic N) is 2. The van der Waals surface area contributed by atoms with E-state index in [0.29, 0.717) is 6.54 Å². The zero-order chi connectivity index (χ0) is 15.2. The van der Waals surface area contributed by atoms with Crippen LogP contribution in [-0.2, 0) is 6.42 Å². The smallest absolute Gasteiger partial charge is 0.0472 e. The Morgan fingerprint density at radius 3 is 2.29 bits per heavy atom. The maximum absolute atomic E-state index is 6.06. The second kappa shape index (κ2) is 7.34. The summed E-state index contributed by atoms with van der Waals surface area (Å²) in [5, 5.41) is 0. The van der Waals surface area contributed by atoms with Crippen molar-refractivity contribution in [1.82, 2.24) is 9.88 Å². The van der Waals surface area contributed by atoms with E-state index in [1.165, 1.54) is 22.3 Å². The lowest BCUT2D eigenvalue weighted by molar-refractivity contribution is 0.252. The van der Waals surface area contributed by atoms with Crippen molar-refractivity contribution < 1.29 is 0 Å². The highest BCUT2D eigenvalue weighted by molar-refractivity contribution is 5.36.